The Morgan fingerprint density at radius 1 is 1.26 bits per heavy atom. The van der Waals surface area contributed by atoms with E-state index in [1.54, 1.807) is 5.57 Å². The molecule has 6 atom stereocenters. The summed E-state index contributed by atoms with van der Waals surface area (Å²) in [6.45, 7) is 13.0. The number of hydrogen-bond donors (Lipinski definition) is 3. The van der Waals surface area contributed by atoms with Crippen LogP contribution < -0.4 is 0 Å². The van der Waals surface area contributed by atoms with Crippen LogP contribution in [0.2, 0.25) is 0 Å². The van der Waals surface area contributed by atoms with Gasteiger partial charge in [-0.3, -0.25) is 0 Å². The Labute approximate surface area is 189 Å². The lowest BCUT2D eigenvalue weighted by Gasteiger charge is -2.44. The Morgan fingerprint density at radius 3 is 2.68 bits per heavy atom. The van der Waals surface area contributed by atoms with Gasteiger partial charge in [0.05, 0.1) is 17.8 Å². The van der Waals surface area contributed by atoms with Gasteiger partial charge in [0.15, 0.2) is 0 Å². The van der Waals surface area contributed by atoms with Crippen molar-refractivity contribution in [2.45, 2.75) is 96.9 Å². The summed E-state index contributed by atoms with van der Waals surface area (Å²) in [6, 6.07) is 0. The molecule has 0 aromatic heterocycles. The molecule has 0 saturated heterocycles. The zero-order valence-electron chi connectivity index (χ0n) is 20.1. The van der Waals surface area contributed by atoms with Gasteiger partial charge < -0.3 is 20.1 Å². The van der Waals surface area contributed by atoms with Crippen LogP contribution in [0.3, 0.4) is 0 Å². The van der Waals surface area contributed by atoms with Gasteiger partial charge in [0.25, 0.3) is 0 Å². The largest absolute Gasteiger partial charge is 0.396 e. The van der Waals surface area contributed by atoms with Crippen LogP contribution in [-0.2, 0) is 4.74 Å². The predicted octanol–water partition coefficient (Wildman–Crippen LogP) is 4.94. The summed E-state index contributed by atoms with van der Waals surface area (Å²) in [5.74, 6) is 1.12. The average molecular weight is 433 g/mol. The molecular weight excluding hydrogens is 388 g/mol. The van der Waals surface area contributed by atoms with E-state index in [0.29, 0.717) is 31.3 Å². The maximum Gasteiger partial charge on any atom is 0.0788 e. The molecule has 31 heavy (non-hydrogen) atoms. The second-order valence-electron chi connectivity index (χ2n) is 11.2. The normalized spacial score (nSPS) is 38.0. The third-order valence-electron chi connectivity index (χ3n) is 8.37. The van der Waals surface area contributed by atoms with E-state index in [2.05, 4.69) is 32.6 Å². The van der Waals surface area contributed by atoms with Crippen LogP contribution in [0.15, 0.2) is 35.5 Å². The Balaban J connectivity index is 1.68. The lowest BCUT2D eigenvalue weighted by molar-refractivity contribution is -0.0454. The highest BCUT2D eigenvalue weighted by Gasteiger charge is 2.51. The van der Waals surface area contributed by atoms with Crippen LogP contribution in [0.4, 0.5) is 0 Å². The minimum Gasteiger partial charge on any atom is -0.396 e. The fraction of sp³-hybridized carbons (Fsp3) is 0.778. The first-order chi connectivity index (χ1) is 14.5. The molecule has 3 saturated carbocycles. The van der Waals surface area contributed by atoms with E-state index in [0.717, 1.165) is 18.4 Å². The van der Waals surface area contributed by atoms with Crippen molar-refractivity contribution < 1.29 is 20.1 Å². The Bertz CT molecular complexity index is 701. The molecule has 176 valence electrons. The molecule has 0 aromatic rings. The van der Waals surface area contributed by atoms with E-state index < -0.39 is 11.7 Å². The molecule has 3 aliphatic rings. The third-order valence-corrected chi connectivity index (χ3v) is 8.37. The Kier molecular flexibility index (Phi) is 7.89. The van der Waals surface area contributed by atoms with Gasteiger partial charge in [-0.2, -0.15) is 0 Å². The second kappa shape index (κ2) is 9.91. The highest BCUT2D eigenvalue weighted by molar-refractivity contribution is 5.29. The molecule has 3 aliphatic carbocycles. The molecule has 4 heteroatoms. The van der Waals surface area contributed by atoms with Crippen molar-refractivity contribution in [1.82, 2.24) is 0 Å². The summed E-state index contributed by atoms with van der Waals surface area (Å²) in [5, 5.41) is 29.9. The Morgan fingerprint density at radius 2 is 2.00 bits per heavy atom. The van der Waals surface area contributed by atoms with Gasteiger partial charge in [-0.15, -0.1) is 0 Å². The average Bonchev–Trinajstić information content (AvgIpc) is 3.05. The molecule has 0 amide bonds. The van der Waals surface area contributed by atoms with Crippen molar-refractivity contribution >= 4 is 0 Å². The number of rotatable bonds is 7. The summed E-state index contributed by atoms with van der Waals surface area (Å²) in [6.07, 6.45) is 12.4. The van der Waals surface area contributed by atoms with Crippen molar-refractivity contribution in [3.05, 3.63) is 35.5 Å². The molecule has 0 heterocycles. The van der Waals surface area contributed by atoms with Crippen LogP contribution in [0.1, 0.15) is 79.1 Å². The van der Waals surface area contributed by atoms with Crippen LogP contribution in [0.25, 0.3) is 0 Å². The number of aliphatic hydroxyl groups excluding tert-OH is 2. The summed E-state index contributed by atoms with van der Waals surface area (Å²) in [4.78, 5) is 0. The molecule has 3 rings (SSSR count). The fourth-order valence-corrected chi connectivity index (χ4v) is 6.39. The van der Waals surface area contributed by atoms with E-state index in [4.69, 9.17) is 4.74 Å². The standard InChI is InChI=1S/C27H44O4/c1-18-22(17-28)15-20(16-25(18)29)8-9-21-7-6-12-27(5)23(10-11-24(21)27)19(2)31-14-13-26(3,4)30/h8-9,19,22-25,28-30H,1,6-7,10-17H2,2-5H3/b20-8+,21-9+/t19-,22-,23+,24-,25+,27+/m0/s1. The SMILES string of the molecule is C=C1[C@H](CO)C/C(=C\C=C2/CCC[C@]3(C)[C@@H]([C@H](C)OCCC(C)(C)O)CC[C@@H]23)C[C@H]1O. The van der Waals surface area contributed by atoms with Crippen molar-refractivity contribution in [1.29, 1.82) is 0 Å². The third kappa shape index (κ3) is 5.71. The zero-order valence-corrected chi connectivity index (χ0v) is 20.1. The predicted molar refractivity (Wildman–Crippen MR) is 126 cm³/mol. The lowest BCUT2D eigenvalue weighted by Crippen LogP contribution is -2.39. The van der Waals surface area contributed by atoms with Crippen LogP contribution >= 0.6 is 0 Å². The van der Waals surface area contributed by atoms with E-state index in [1.807, 2.05) is 13.8 Å². The molecule has 4 nitrogen and oxygen atoms in total. The van der Waals surface area contributed by atoms with E-state index >= 15 is 0 Å². The molecule has 0 aliphatic heterocycles. The summed E-state index contributed by atoms with van der Waals surface area (Å²) in [5.41, 5.74) is 3.13. The van der Waals surface area contributed by atoms with Gasteiger partial charge in [0, 0.05) is 19.1 Å². The molecule has 0 aromatic carbocycles. The summed E-state index contributed by atoms with van der Waals surface area (Å²) < 4.78 is 6.20. The van der Waals surface area contributed by atoms with Crippen molar-refractivity contribution in [2.75, 3.05) is 13.2 Å². The topological polar surface area (TPSA) is 69.9 Å². The molecule has 3 N–H and O–H groups in total. The van der Waals surface area contributed by atoms with Gasteiger partial charge >= 0.3 is 0 Å². The van der Waals surface area contributed by atoms with E-state index in [9.17, 15) is 15.3 Å². The monoisotopic (exact) mass is 432 g/mol. The quantitative estimate of drug-likeness (QED) is 0.498. The highest BCUT2D eigenvalue weighted by atomic mass is 16.5. The Hall–Kier alpha value is -0.940. The van der Waals surface area contributed by atoms with Gasteiger partial charge in [0.1, 0.15) is 0 Å². The first-order valence-electron chi connectivity index (χ1n) is 12.2. The maximum absolute atomic E-state index is 10.3. The van der Waals surface area contributed by atoms with Gasteiger partial charge in [-0.25, -0.2) is 0 Å². The number of fused-ring (bicyclic) bond motifs is 1. The minimum atomic E-state index is -0.676. The smallest absolute Gasteiger partial charge is 0.0788 e. The van der Waals surface area contributed by atoms with Crippen molar-refractivity contribution in [3.63, 3.8) is 0 Å². The molecule has 0 unspecified atom stereocenters. The lowest BCUT2D eigenvalue weighted by atomic mass is 9.62. The molecule has 3 fully saturated rings. The number of aliphatic hydroxyl groups is 3. The highest BCUT2D eigenvalue weighted by Crippen LogP contribution is 2.58. The van der Waals surface area contributed by atoms with Gasteiger partial charge in [-0.1, -0.05) is 36.8 Å². The maximum atomic E-state index is 10.3. The fourth-order valence-electron chi connectivity index (χ4n) is 6.39. The summed E-state index contributed by atoms with van der Waals surface area (Å²) >= 11 is 0. The molecule has 0 radical (unpaired) electrons. The van der Waals surface area contributed by atoms with Crippen molar-refractivity contribution in [3.8, 4) is 0 Å². The second-order valence-corrected chi connectivity index (χ2v) is 11.2. The molecule has 0 spiro atoms. The zero-order chi connectivity index (χ0) is 22.8. The number of allylic oxidation sites excluding steroid dienone is 3. The van der Waals surface area contributed by atoms with Crippen LogP contribution in [0, 0.1) is 23.2 Å². The summed E-state index contributed by atoms with van der Waals surface area (Å²) in [7, 11) is 0. The molecule has 0 bridgehead atoms. The van der Waals surface area contributed by atoms with Crippen LogP contribution in [0.5, 0.6) is 0 Å². The van der Waals surface area contributed by atoms with Gasteiger partial charge in [-0.05, 0) is 95.0 Å². The number of ether oxygens (including phenoxy) is 1. The van der Waals surface area contributed by atoms with Gasteiger partial charge in [0.2, 0.25) is 0 Å². The van der Waals surface area contributed by atoms with E-state index in [-0.39, 0.29) is 24.0 Å². The van der Waals surface area contributed by atoms with E-state index in [1.165, 1.54) is 31.3 Å². The first-order valence-corrected chi connectivity index (χ1v) is 12.2. The molecular formula is C27H44O4. The van der Waals surface area contributed by atoms with Crippen molar-refractivity contribution in [2.24, 2.45) is 23.2 Å². The first kappa shape index (κ1) is 24.7. The number of hydrogen-bond acceptors (Lipinski definition) is 4. The van der Waals surface area contributed by atoms with Crippen LogP contribution in [-0.4, -0.2) is 46.3 Å². The minimum absolute atomic E-state index is 0.0252.